The van der Waals surface area contributed by atoms with Gasteiger partial charge in [-0.1, -0.05) is 30.7 Å². The molecule has 4 amide bonds. The number of rotatable bonds is 5. The van der Waals surface area contributed by atoms with E-state index in [1.54, 1.807) is 40.1 Å². The van der Waals surface area contributed by atoms with Crippen LogP contribution >= 0.6 is 0 Å². The Labute approximate surface area is 244 Å². The monoisotopic (exact) mass is 562 g/mol. The second-order valence-corrected chi connectivity index (χ2v) is 9.89. The summed E-state index contributed by atoms with van der Waals surface area (Å²) in [6.07, 6.45) is 15.6. The standard InChI is InChI=1S/C17H16N4O2.C12H20N2O2.C2H2.2H2/c18-17(20-16(23)13-4-2-1-3-5-13)19-14-7-6-12-8-9-21(11-22)15(12)10-14;15-11-6-2-1-3-9-14(11)10-12(16)13-7-4-5-8-13;1-2;;/h1-7,10-11H,8-9H2,(H3,18,19,20,23);1-10H2;1-2H;2*1H. The molecule has 3 heterocycles. The predicted molar refractivity (Wildman–Crippen MR) is 164 cm³/mol. The zero-order chi connectivity index (χ0) is 29.6. The van der Waals surface area contributed by atoms with Gasteiger partial charge < -0.3 is 20.4 Å². The number of carbonyl (C=O) groups excluding carboxylic acids is 4. The number of fused-ring (bicyclic) bond motifs is 1. The molecule has 5 rings (SSSR count). The normalized spacial score (nSPS) is 16.4. The molecule has 0 saturated carbocycles. The minimum Gasteiger partial charge on any atom is -0.369 e. The van der Waals surface area contributed by atoms with E-state index in [4.69, 9.17) is 5.73 Å². The molecule has 3 aliphatic rings. The van der Waals surface area contributed by atoms with Gasteiger partial charge >= 0.3 is 0 Å². The quantitative estimate of drug-likeness (QED) is 0.250. The zero-order valence-electron chi connectivity index (χ0n) is 23.3. The van der Waals surface area contributed by atoms with Gasteiger partial charge in [0, 0.05) is 46.7 Å². The van der Waals surface area contributed by atoms with Crippen LogP contribution < -0.4 is 16.0 Å². The number of hydrogen-bond acceptors (Lipinski definition) is 5. The van der Waals surface area contributed by atoms with Crippen LogP contribution in [0.3, 0.4) is 0 Å². The van der Waals surface area contributed by atoms with Crippen LogP contribution in [0.1, 0.15) is 57.3 Å². The molecule has 0 bridgehead atoms. The number of terminal acetylenes is 1. The maximum absolute atomic E-state index is 12.0. The van der Waals surface area contributed by atoms with Crippen LogP contribution in [-0.2, 0) is 20.8 Å². The van der Waals surface area contributed by atoms with Crippen molar-refractivity contribution in [2.24, 2.45) is 10.7 Å². The van der Waals surface area contributed by atoms with Crippen molar-refractivity contribution in [2.75, 3.05) is 37.6 Å². The molecule has 0 spiro atoms. The van der Waals surface area contributed by atoms with E-state index in [0.29, 0.717) is 30.8 Å². The number of hydrogen-bond donors (Lipinski definition) is 2. The van der Waals surface area contributed by atoms with E-state index >= 15 is 0 Å². The molecule has 0 aromatic heterocycles. The molecule has 2 fully saturated rings. The highest BCUT2D eigenvalue weighted by atomic mass is 16.2. The third-order valence-corrected chi connectivity index (χ3v) is 7.11. The number of nitrogens with two attached hydrogens (primary N) is 1. The number of likely N-dealkylation sites (tertiary alicyclic amines) is 2. The van der Waals surface area contributed by atoms with Crippen LogP contribution in [0.25, 0.3) is 0 Å². The Bertz CT molecular complexity index is 1270. The van der Waals surface area contributed by atoms with Gasteiger partial charge in [0.15, 0.2) is 0 Å². The predicted octanol–water partition coefficient (Wildman–Crippen LogP) is 3.33. The van der Waals surface area contributed by atoms with Gasteiger partial charge in [0.2, 0.25) is 24.2 Å². The third kappa shape index (κ3) is 8.93. The molecule has 220 valence electrons. The Kier molecular flexibility index (Phi) is 11.9. The van der Waals surface area contributed by atoms with Gasteiger partial charge in [-0.2, -0.15) is 0 Å². The molecule has 2 aromatic rings. The van der Waals surface area contributed by atoms with Gasteiger partial charge in [-0.25, -0.2) is 4.99 Å². The minimum atomic E-state index is -0.317. The lowest BCUT2D eigenvalue weighted by atomic mass is 10.1. The van der Waals surface area contributed by atoms with Gasteiger partial charge in [-0.05, 0) is 61.9 Å². The van der Waals surface area contributed by atoms with E-state index in [9.17, 15) is 19.2 Å². The molecule has 10 nitrogen and oxygen atoms in total. The molecule has 2 saturated heterocycles. The van der Waals surface area contributed by atoms with Gasteiger partial charge in [0.25, 0.3) is 5.91 Å². The molecular weight excluding hydrogens is 520 g/mol. The van der Waals surface area contributed by atoms with Crippen LogP contribution in [0.15, 0.2) is 53.5 Å². The molecule has 0 unspecified atom stereocenters. The Balaban J connectivity index is 0.000000409. The number of nitrogens with zero attached hydrogens (tertiary/aromatic N) is 4. The smallest absolute Gasteiger partial charge is 0.257 e. The Morgan fingerprint density at radius 2 is 1.66 bits per heavy atom. The zero-order valence-corrected chi connectivity index (χ0v) is 23.3. The van der Waals surface area contributed by atoms with Crippen molar-refractivity contribution in [3.63, 3.8) is 0 Å². The first-order chi connectivity index (χ1) is 19.9. The average Bonchev–Trinajstić information content (AvgIpc) is 3.64. The van der Waals surface area contributed by atoms with Crippen LogP contribution in [0.4, 0.5) is 11.4 Å². The van der Waals surface area contributed by atoms with Crippen LogP contribution in [0.5, 0.6) is 0 Å². The van der Waals surface area contributed by atoms with E-state index in [2.05, 4.69) is 23.2 Å². The van der Waals surface area contributed by atoms with E-state index in [0.717, 1.165) is 75.8 Å². The number of amides is 4. The molecule has 0 radical (unpaired) electrons. The average molecular weight is 563 g/mol. The number of aliphatic imine (C=N–C) groups is 1. The van der Waals surface area contributed by atoms with Gasteiger partial charge in [0.1, 0.15) is 0 Å². The Morgan fingerprint density at radius 3 is 2.37 bits per heavy atom. The number of nitrogens with one attached hydrogen (secondary N) is 1. The summed E-state index contributed by atoms with van der Waals surface area (Å²) in [6, 6.07) is 14.3. The van der Waals surface area contributed by atoms with Crippen molar-refractivity contribution in [3.05, 3.63) is 59.7 Å². The third-order valence-electron chi connectivity index (χ3n) is 7.11. The maximum Gasteiger partial charge on any atom is 0.257 e. The number of anilines is 1. The first kappa shape index (κ1) is 30.9. The highest BCUT2D eigenvalue weighted by Gasteiger charge is 2.24. The topological polar surface area (TPSA) is 128 Å². The maximum atomic E-state index is 12.0. The summed E-state index contributed by atoms with van der Waals surface area (Å²) in [5.74, 6) is -0.0187. The second kappa shape index (κ2) is 15.8. The lowest BCUT2D eigenvalue weighted by Gasteiger charge is -2.23. The molecule has 0 aliphatic carbocycles. The Morgan fingerprint density at radius 1 is 0.951 bits per heavy atom. The summed E-state index contributed by atoms with van der Waals surface area (Å²) in [5, 5.41) is 2.54. The molecule has 3 N–H and O–H groups in total. The van der Waals surface area contributed by atoms with Crippen LogP contribution in [0, 0.1) is 12.8 Å². The fourth-order valence-corrected chi connectivity index (χ4v) is 4.95. The summed E-state index contributed by atoms with van der Waals surface area (Å²) in [6.45, 7) is 3.49. The summed E-state index contributed by atoms with van der Waals surface area (Å²) < 4.78 is 0. The van der Waals surface area contributed by atoms with Crippen LogP contribution in [0.2, 0.25) is 0 Å². The van der Waals surface area contributed by atoms with Crippen molar-refractivity contribution < 1.29 is 22.0 Å². The molecule has 2 aromatic carbocycles. The van der Waals surface area contributed by atoms with E-state index in [1.165, 1.54) is 0 Å². The highest BCUT2D eigenvalue weighted by molar-refractivity contribution is 6.05. The molecule has 0 atom stereocenters. The lowest BCUT2D eigenvalue weighted by molar-refractivity contribution is -0.139. The Hall–Kier alpha value is -4.65. The molecule has 3 aliphatic heterocycles. The van der Waals surface area contributed by atoms with Gasteiger partial charge in [-0.15, -0.1) is 12.8 Å². The number of guanidine groups is 1. The van der Waals surface area contributed by atoms with E-state index in [1.807, 2.05) is 23.1 Å². The van der Waals surface area contributed by atoms with Crippen molar-refractivity contribution in [3.8, 4) is 12.8 Å². The van der Waals surface area contributed by atoms with Gasteiger partial charge in [0.05, 0.1) is 12.2 Å². The first-order valence-electron chi connectivity index (χ1n) is 13.9. The fraction of sp³-hybridized carbons (Fsp3) is 0.387. The van der Waals surface area contributed by atoms with Crippen molar-refractivity contribution in [1.29, 1.82) is 0 Å². The summed E-state index contributed by atoms with van der Waals surface area (Å²) in [7, 11) is 0. The lowest BCUT2D eigenvalue weighted by Crippen LogP contribution is -2.41. The fourth-order valence-electron chi connectivity index (χ4n) is 4.95. The number of carbonyl (C=O) groups is 4. The summed E-state index contributed by atoms with van der Waals surface area (Å²) in [5.41, 5.74) is 8.82. The van der Waals surface area contributed by atoms with Gasteiger partial charge in [-0.3, -0.25) is 24.5 Å². The molecular formula is C31H42N6O4. The number of benzene rings is 2. The van der Waals surface area contributed by atoms with Crippen molar-refractivity contribution in [1.82, 2.24) is 15.1 Å². The molecule has 10 heteroatoms. The SMILES string of the molecule is C#C.NC(=Nc1ccc2c(c1)N(C=O)CC2)NC(=O)c1ccccc1.O=C(CN1CCCCCC1=O)N1CCCC1.[HH].[HH]. The van der Waals surface area contributed by atoms with Crippen molar-refractivity contribution >= 4 is 41.5 Å². The largest absolute Gasteiger partial charge is 0.369 e. The molecule has 41 heavy (non-hydrogen) atoms. The van der Waals surface area contributed by atoms with Crippen molar-refractivity contribution in [2.45, 2.75) is 44.9 Å². The van der Waals surface area contributed by atoms with E-state index in [-0.39, 0.29) is 26.5 Å². The minimum absolute atomic E-state index is 0. The summed E-state index contributed by atoms with van der Waals surface area (Å²) >= 11 is 0. The second-order valence-electron chi connectivity index (χ2n) is 9.89. The summed E-state index contributed by atoms with van der Waals surface area (Å²) in [4.78, 5) is 56.1. The first-order valence-corrected chi connectivity index (χ1v) is 13.9. The van der Waals surface area contributed by atoms with Crippen LogP contribution in [-0.4, -0.2) is 72.6 Å². The highest BCUT2D eigenvalue weighted by Crippen LogP contribution is 2.30. The van der Waals surface area contributed by atoms with E-state index < -0.39 is 0 Å².